The van der Waals surface area contributed by atoms with Crippen molar-refractivity contribution < 1.29 is 33.6 Å². The topological polar surface area (TPSA) is 103 Å². The largest absolute Gasteiger partial charge is 0.480 e. The molecule has 0 aromatic heterocycles. The van der Waals surface area contributed by atoms with E-state index in [0.717, 1.165) is 12.8 Å². The van der Waals surface area contributed by atoms with Crippen LogP contribution in [0.1, 0.15) is 58.3 Å². The number of nitrogens with one attached hydrogen (secondary N) is 1. The average Bonchev–Trinajstić information content (AvgIpc) is 2.67. The highest BCUT2D eigenvalue weighted by Gasteiger charge is 2.01. The van der Waals surface area contributed by atoms with Gasteiger partial charge in [0, 0.05) is 6.54 Å². The Morgan fingerprint density at radius 2 is 1.14 bits per heavy atom. The van der Waals surface area contributed by atoms with Gasteiger partial charge in [0.25, 0.3) is 0 Å². The maximum atomic E-state index is 11.6. The van der Waals surface area contributed by atoms with E-state index in [1.54, 1.807) is 0 Å². The summed E-state index contributed by atoms with van der Waals surface area (Å²) in [6.07, 6.45) is 9.99. The molecule has 1 amide bonds. The van der Waals surface area contributed by atoms with Gasteiger partial charge in [-0.15, -0.1) is 0 Å². The van der Waals surface area contributed by atoms with Crippen molar-refractivity contribution in [1.29, 1.82) is 0 Å². The molecule has 0 saturated heterocycles. The Kier molecular flexibility index (Phi) is 21.1. The minimum atomic E-state index is -0.995. The Balaban J connectivity index is 3.16. The Morgan fingerprint density at radius 1 is 0.679 bits per heavy atom. The zero-order valence-corrected chi connectivity index (χ0v) is 17.4. The van der Waals surface area contributed by atoms with E-state index in [1.807, 2.05) is 0 Å². The van der Waals surface area contributed by atoms with Crippen LogP contribution in [0.2, 0.25) is 0 Å². The molecule has 0 unspecified atom stereocenters. The highest BCUT2D eigenvalue weighted by molar-refractivity contribution is 5.77. The van der Waals surface area contributed by atoms with E-state index in [-0.39, 0.29) is 25.7 Å². The molecule has 28 heavy (non-hydrogen) atoms. The fourth-order valence-electron chi connectivity index (χ4n) is 2.42. The first-order chi connectivity index (χ1) is 13.7. The number of carboxylic acid groups (broad SMARTS) is 1. The summed E-state index contributed by atoms with van der Waals surface area (Å²) in [5.74, 6) is -1.09. The number of ether oxygens (including phenoxy) is 4. The molecule has 0 spiro atoms. The van der Waals surface area contributed by atoms with Crippen LogP contribution in [0.5, 0.6) is 0 Å². The summed E-state index contributed by atoms with van der Waals surface area (Å²) in [6.45, 7) is 4.79. The molecule has 2 N–H and O–H groups in total. The summed E-state index contributed by atoms with van der Waals surface area (Å²) in [6, 6.07) is 0. The predicted molar refractivity (Wildman–Crippen MR) is 107 cm³/mol. The second kappa shape index (κ2) is 22.1. The van der Waals surface area contributed by atoms with Gasteiger partial charge in [0.15, 0.2) is 0 Å². The molecule has 8 heteroatoms. The van der Waals surface area contributed by atoms with Crippen LogP contribution in [0.3, 0.4) is 0 Å². The van der Waals surface area contributed by atoms with Crippen molar-refractivity contribution in [3.8, 4) is 0 Å². The molecule has 0 aromatic carbocycles. The number of unbranched alkanes of at least 4 members (excludes halogenated alkanes) is 7. The molecular formula is C20H39NO7. The number of carbonyl (C=O) groups excluding carboxylic acids is 1. The normalized spacial score (nSPS) is 10.9. The van der Waals surface area contributed by atoms with Gasteiger partial charge in [0.1, 0.15) is 13.2 Å². The molecule has 0 rings (SSSR count). The second-order valence-electron chi connectivity index (χ2n) is 6.55. The number of hydrogen-bond donors (Lipinski definition) is 2. The quantitative estimate of drug-likeness (QED) is 0.267. The lowest BCUT2D eigenvalue weighted by Gasteiger charge is -2.08. The fraction of sp³-hybridized carbons (Fsp3) is 0.900. The maximum absolute atomic E-state index is 11.6. The van der Waals surface area contributed by atoms with Crippen molar-refractivity contribution in [2.24, 2.45) is 0 Å². The average molecular weight is 406 g/mol. The molecule has 0 aromatic rings. The number of rotatable bonds is 22. The predicted octanol–water partition coefficient (Wildman–Crippen LogP) is 2.39. The third kappa shape index (κ3) is 22.8. The molecule has 0 fully saturated rings. The number of aliphatic carboxylic acids is 1. The SMILES string of the molecule is CCCCCCCCCCNC(=O)COCCOCCOCCOCC(=O)O. The van der Waals surface area contributed by atoms with Crippen LogP contribution in [-0.2, 0) is 28.5 Å². The summed E-state index contributed by atoms with van der Waals surface area (Å²) in [5.41, 5.74) is 0. The summed E-state index contributed by atoms with van der Waals surface area (Å²) in [5, 5.41) is 11.2. The minimum absolute atomic E-state index is 0.0534. The van der Waals surface area contributed by atoms with Crippen molar-refractivity contribution in [2.45, 2.75) is 58.3 Å². The van der Waals surface area contributed by atoms with Gasteiger partial charge in [-0.05, 0) is 6.42 Å². The number of carboxylic acids is 1. The first-order valence-electron chi connectivity index (χ1n) is 10.5. The minimum Gasteiger partial charge on any atom is -0.480 e. The van der Waals surface area contributed by atoms with Gasteiger partial charge in [-0.3, -0.25) is 4.79 Å². The van der Waals surface area contributed by atoms with Crippen molar-refractivity contribution in [1.82, 2.24) is 5.32 Å². The van der Waals surface area contributed by atoms with Crippen molar-refractivity contribution >= 4 is 11.9 Å². The van der Waals surface area contributed by atoms with Gasteiger partial charge in [0.2, 0.25) is 5.91 Å². The van der Waals surface area contributed by atoms with Gasteiger partial charge in [-0.2, -0.15) is 0 Å². The lowest BCUT2D eigenvalue weighted by molar-refractivity contribution is -0.142. The second-order valence-corrected chi connectivity index (χ2v) is 6.55. The summed E-state index contributed by atoms with van der Waals surface area (Å²) in [7, 11) is 0. The van der Waals surface area contributed by atoms with Gasteiger partial charge < -0.3 is 29.4 Å². The molecule has 0 atom stereocenters. The van der Waals surface area contributed by atoms with Crippen LogP contribution in [0.4, 0.5) is 0 Å². The Bertz CT molecular complexity index is 366. The summed E-state index contributed by atoms with van der Waals surface area (Å²) < 4.78 is 20.6. The third-order valence-corrected chi connectivity index (χ3v) is 3.93. The number of hydrogen-bond acceptors (Lipinski definition) is 6. The Hall–Kier alpha value is -1.22. The van der Waals surface area contributed by atoms with Crippen LogP contribution in [0.15, 0.2) is 0 Å². The van der Waals surface area contributed by atoms with Crippen LogP contribution < -0.4 is 5.32 Å². The van der Waals surface area contributed by atoms with Crippen LogP contribution >= 0.6 is 0 Å². The van der Waals surface area contributed by atoms with E-state index in [2.05, 4.69) is 12.2 Å². The van der Waals surface area contributed by atoms with Crippen LogP contribution in [-0.4, -0.2) is 76.4 Å². The van der Waals surface area contributed by atoms with E-state index in [4.69, 9.17) is 24.1 Å². The lowest BCUT2D eigenvalue weighted by Crippen LogP contribution is -2.29. The fourth-order valence-corrected chi connectivity index (χ4v) is 2.42. The van der Waals surface area contributed by atoms with Crippen LogP contribution in [0, 0.1) is 0 Å². The zero-order chi connectivity index (χ0) is 20.7. The smallest absolute Gasteiger partial charge is 0.329 e. The van der Waals surface area contributed by atoms with Crippen molar-refractivity contribution in [3.63, 3.8) is 0 Å². The number of carbonyl (C=O) groups is 2. The molecule has 0 bridgehead atoms. The van der Waals surface area contributed by atoms with Crippen LogP contribution in [0.25, 0.3) is 0 Å². The monoisotopic (exact) mass is 405 g/mol. The van der Waals surface area contributed by atoms with Gasteiger partial charge in [-0.25, -0.2) is 4.79 Å². The molecular weight excluding hydrogens is 366 g/mol. The molecule has 166 valence electrons. The highest BCUT2D eigenvalue weighted by atomic mass is 16.6. The van der Waals surface area contributed by atoms with E-state index >= 15 is 0 Å². The van der Waals surface area contributed by atoms with E-state index in [0.29, 0.717) is 39.6 Å². The molecule has 0 aliphatic heterocycles. The third-order valence-electron chi connectivity index (χ3n) is 3.93. The summed E-state index contributed by atoms with van der Waals surface area (Å²) >= 11 is 0. The van der Waals surface area contributed by atoms with E-state index < -0.39 is 5.97 Å². The molecule has 0 radical (unpaired) electrons. The summed E-state index contributed by atoms with van der Waals surface area (Å²) in [4.78, 5) is 21.8. The molecule has 0 saturated carbocycles. The number of amides is 1. The van der Waals surface area contributed by atoms with Crippen molar-refractivity contribution in [3.05, 3.63) is 0 Å². The Labute approximate surface area is 169 Å². The molecule has 8 nitrogen and oxygen atoms in total. The molecule has 0 aliphatic carbocycles. The molecule has 0 heterocycles. The van der Waals surface area contributed by atoms with Gasteiger partial charge >= 0.3 is 5.97 Å². The van der Waals surface area contributed by atoms with Gasteiger partial charge in [-0.1, -0.05) is 51.9 Å². The highest BCUT2D eigenvalue weighted by Crippen LogP contribution is 2.07. The van der Waals surface area contributed by atoms with E-state index in [9.17, 15) is 9.59 Å². The standard InChI is InChI=1S/C20H39NO7/c1-2-3-4-5-6-7-8-9-10-21-19(22)17-27-15-13-25-11-12-26-14-16-28-18-20(23)24/h2-18H2,1H3,(H,21,22)(H,23,24). The molecule has 0 aliphatic rings. The first kappa shape index (κ1) is 26.8. The van der Waals surface area contributed by atoms with E-state index in [1.165, 1.54) is 38.5 Å². The lowest BCUT2D eigenvalue weighted by atomic mass is 10.1. The Morgan fingerprint density at radius 3 is 1.68 bits per heavy atom. The van der Waals surface area contributed by atoms with Gasteiger partial charge in [0.05, 0.1) is 39.6 Å². The first-order valence-corrected chi connectivity index (χ1v) is 10.5. The maximum Gasteiger partial charge on any atom is 0.329 e. The zero-order valence-electron chi connectivity index (χ0n) is 17.4. The van der Waals surface area contributed by atoms with Crippen molar-refractivity contribution in [2.75, 3.05) is 59.4 Å².